The summed E-state index contributed by atoms with van der Waals surface area (Å²) in [6, 6.07) is 2.79. The van der Waals surface area contributed by atoms with Crippen molar-refractivity contribution in [3.63, 3.8) is 0 Å². The van der Waals surface area contributed by atoms with E-state index in [1.165, 1.54) is 23.0 Å². The lowest BCUT2D eigenvalue weighted by atomic mass is 10.2. The van der Waals surface area contributed by atoms with Gasteiger partial charge in [-0.25, -0.2) is 9.31 Å². The van der Waals surface area contributed by atoms with Crippen molar-refractivity contribution in [1.29, 1.82) is 0 Å². The lowest BCUT2D eigenvalue weighted by Crippen LogP contribution is -1.99. The third-order valence-corrected chi connectivity index (χ3v) is 1.73. The van der Waals surface area contributed by atoms with Crippen molar-refractivity contribution in [2.45, 2.75) is 0 Å². The highest BCUT2D eigenvalue weighted by Gasteiger charge is 2.08. The molecule has 5 nitrogen and oxygen atoms in total. The number of hydrogen-bond acceptors (Lipinski definition) is 3. The Bertz CT molecular complexity index is 475. The first-order valence-corrected chi connectivity index (χ1v) is 3.58. The second kappa shape index (κ2) is 2.48. The minimum atomic E-state index is -1.09. The number of carboxylic acid groups (broad SMARTS) is 1. The Balaban J connectivity index is 2.77. The molecule has 0 aliphatic rings. The largest absolute Gasteiger partial charge is 0.506 e. The fraction of sp³-hybridized carbons (Fsp3) is 0. The summed E-state index contributed by atoms with van der Waals surface area (Å²) < 4.78 is 1.32. The van der Waals surface area contributed by atoms with Crippen molar-refractivity contribution in [3.8, 4) is 5.75 Å². The standard InChI is InChI=1S/C8H6N2O3/c11-7-3-5(8(12)13)4-10-6(7)1-2-9-10/h1-4,11H,(H,12,13). The second-order valence-electron chi connectivity index (χ2n) is 2.58. The molecule has 0 bridgehead atoms. The lowest BCUT2D eigenvalue weighted by Gasteiger charge is -1.99. The third kappa shape index (κ3) is 1.10. The van der Waals surface area contributed by atoms with Crippen molar-refractivity contribution in [3.05, 3.63) is 30.1 Å². The van der Waals surface area contributed by atoms with Crippen LogP contribution in [0.1, 0.15) is 10.4 Å². The second-order valence-corrected chi connectivity index (χ2v) is 2.58. The molecule has 0 radical (unpaired) electrons. The first-order chi connectivity index (χ1) is 6.18. The van der Waals surface area contributed by atoms with Crippen LogP contribution < -0.4 is 0 Å². The van der Waals surface area contributed by atoms with Crippen LogP contribution in [0.4, 0.5) is 0 Å². The molecule has 0 aliphatic carbocycles. The maximum atomic E-state index is 10.6. The summed E-state index contributed by atoms with van der Waals surface area (Å²) >= 11 is 0. The highest BCUT2D eigenvalue weighted by atomic mass is 16.4. The molecule has 0 fully saturated rings. The minimum Gasteiger partial charge on any atom is -0.506 e. The summed E-state index contributed by atoms with van der Waals surface area (Å²) in [6.45, 7) is 0. The Kier molecular flexibility index (Phi) is 1.45. The fourth-order valence-corrected chi connectivity index (χ4v) is 1.13. The highest BCUT2D eigenvalue weighted by molar-refractivity contribution is 5.88. The van der Waals surface area contributed by atoms with Crippen LogP contribution in [0.25, 0.3) is 5.52 Å². The summed E-state index contributed by atoms with van der Waals surface area (Å²) in [5.41, 5.74) is 0.499. The van der Waals surface area contributed by atoms with E-state index in [9.17, 15) is 9.90 Å². The number of fused-ring (bicyclic) bond motifs is 1. The molecule has 0 atom stereocenters. The molecule has 66 valence electrons. The van der Waals surface area contributed by atoms with Gasteiger partial charge in [-0.05, 0) is 12.1 Å². The molecular weight excluding hydrogens is 172 g/mol. The average Bonchev–Trinajstić information content (AvgIpc) is 2.51. The van der Waals surface area contributed by atoms with Crippen LogP contribution >= 0.6 is 0 Å². The molecule has 13 heavy (non-hydrogen) atoms. The number of carboxylic acids is 1. The predicted molar refractivity (Wildman–Crippen MR) is 43.8 cm³/mol. The van der Waals surface area contributed by atoms with Crippen LogP contribution in [-0.2, 0) is 0 Å². The zero-order valence-corrected chi connectivity index (χ0v) is 6.51. The lowest BCUT2D eigenvalue weighted by molar-refractivity contribution is 0.0695. The molecule has 2 rings (SSSR count). The quantitative estimate of drug-likeness (QED) is 0.675. The number of carbonyl (C=O) groups is 1. The van der Waals surface area contributed by atoms with Crippen LogP contribution in [0.3, 0.4) is 0 Å². The summed E-state index contributed by atoms with van der Waals surface area (Å²) in [7, 11) is 0. The van der Waals surface area contributed by atoms with Gasteiger partial charge >= 0.3 is 5.97 Å². The van der Waals surface area contributed by atoms with Gasteiger partial charge in [0, 0.05) is 6.20 Å². The van der Waals surface area contributed by atoms with Gasteiger partial charge in [-0.1, -0.05) is 0 Å². The molecule has 2 heterocycles. The maximum Gasteiger partial charge on any atom is 0.337 e. The van der Waals surface area contributed by atoms with E-state index in [0.29, 0.717) is 5.52 Å². The van der Waals surface area contributed by atoms with Crippen LogP contribution in [0.5, 0.6) is 5.75 Å². The molecule has 0 aliphatic heterocycles. The van der Waals surface area contributed by atoms with Crippen LogP contribution in [0.2, 0.25) is 0 Å². The molecule has 0 aromatic carbocycles. The van der Waals surface area contributed by atoms with Gasteiger partial charge in [0.25, 0.3) is 0 Å². The van der Waals surface area contributed by atoms with E-state index in [0.717, 1.165) is 0 Å². The normalized spacial score (nSPS) is 10.5. The Hall–Kier alpha value is -2.04. The van der Waals surface area contributed by atoms with Crippen molar-refractivity contribution >= 4 is 11.5 Å². The highest BCUT2D eigenvalue weighted by Crippen LogP contribution is 2.19. The molecule has 2 aromatic heterocycles. The number of rotatable bonds is 1. The molecule has 0 saturated carbocycles. The Morgan fingerprint density at radius 2 is 2.31 bits per heavy atom. The SMILES string of the molecule is O=C(O)c1cc(O)c2ccnn2c1. The molecule has 2 aromatic rings. The molecule has 0 unspecified atom stereocenters. The minimum absolute atomic E-state index is 0.00806. The zero-order chi connectivity index (χ0) is 9.42. The van der Waals surface area contributed by atoms with Gasteiger partial charge in [0.2, 0.25) is 0 Å². The van der Waals surface area contributed by atoms with E-state index >= 15 is 0 Å². The van der Waals surface area contributed by atoms with E-state index < -0.39 is 5.97 Å². The van der Waals surface area contributed by atoms with Gasteiger partial charge in [-0.2, -0.15) is 5.10 Å². The fourth-order valence-electron chi connectivity index (χ4n) is 1.13. The number of aromatic hydroxyl groups is 1. The third-order valence-electron chi connectivity index (χ3n) is 1.73. The zero-order valence-electron chi connectivity index (χ0n) is 6.51. The molecule has 0 spiro atoms. The van der Waals surface area contributed by atoms with Gasteiger partial charge in [0.15, 0.2) is 0 Å². The van der Waals surface area contributed by atoms with Crippen LogP contribution in [0, 0.1) is 0 Å². The average molecular weight is 178 g/mol. The van der Waals surface area contributed by atoms with E-state index in [1.807, 2.05) is 0 Å². The first kappa shape index (κ1) is 7.60. The topological polar surface area (TPSA) is 74.8 Å². The molecular formula is C8H6N2O3. The van der Waals surface area contributed by atoms with Crippen molar-refractivity contribution in [2.24, 2.45) is 0 Å². The molecule has 0 saturated heterocycles. The van der Waals surface area contributed by atoms with Gasteiger partial charge in [0.1, 0.15) is 11.3 Å². The summed E-state index contributed by atoms with van der Waals surface area (Å²) in [5.74, 6) is -1.18. The Labute approximate surface area is 72.9 Å². The van der Waals surface area contributed by atoms with Gasteiger partial charge < -0.3 is 10.2 Å². The molecule has 2 N–H and O–H groups in total. The van der Waals surface area contributed by atoms with Crippen LogP contribution in [0.15, 0.2) is 24.5 Å². The van der Waals surface area contributed by atoms with Gasteiger partial charge in [-0.3, -0.25) is 0 Å². The van der Waals surface area contributed by atoms with E-state index in [4.69, 9.17) is 5.11 Å². The number of nitrogens with zero attached hydrogens (tertiary/aromatic N) is 2. The van der Waals surface area contributed by atoms with Crippen molar-refractivity contribution in [1.82, 2.24) is 9.61 Å². The van der Waals surface area contributed by atoms with E-state index in [1.54, 1.807) is 6.07 Å². The van der Waals surface area contributed by atoms with E-state index in [2.05, 4.69) is 5.10 Å². The monoisotopic (exact) mass is 178 g/mol. The van der Waals surface area contributed by atoms with E-state index in [-0.39, 0.29) is 11.3 Å². The smallest absolute Gasteiger partial charge is 0.337 e. The number of aromatic nitrogens is 2. The van der Waals surface area contributed by atoms with Crippen molar-refractivity contribution in [2.75, 3.05) is 0 Å². The number of aromatic carboxylic acids is 1. The van der Waals surface area contributed by atoms with Gasteiger partial charge in [-0.15, -0.1) is 0 Å². The summed E-state index contributed by atoms with van der Waals surface area (Å²) in [4.78, 5) is 10.6. The molecule has 0 amide bonds. The predicted octanol–water partition coefficient (Wildman–Crippen LogP) is 0.738. The number of pyridine rings is 1. The van der Waals surface area contributed by atoms with Crippen LogP contribution in [-0.4, -0.2) is 25.8 Å². The van der Waals surface area contributed by atoms with Gasteiger partial charge in [0.05, 0.1) is 11.8 Å². The Morgan fingerprint density at radius 1 is 1.54 bits per heavy atom. The maximum absolute atomic E-state index is 10.6. The van der Waals surface area contributed by atoms with Crippen molar-refractivity contribution < 1.29 is 15.0 Å². The summed E-state index contributed by atoms with van der Waals surface area (Å²) in [5, 5.41) is 21.8. The Morgan fingerprint density at radius 3 is 3.00 bits per heavy atom. The molecule has 5 heteroatoms. The first-order valence-electron chi connectivity index (χ1n) is 3.58. The number of hydrogen-bond donors (Lipinski definition) is 2. The summed E-state index contributed by atoms with van der Waals surface area (Å²) in [6.07, 6.45) is 2.83.